The van der Waals surface area contributed by atoms with E-state index in [1.54, 1.807) is 0 Å². The molecule has 0 saturated heterocycles. The van der Waals surface area contributed by atoms with Crippen LogP contribution < -0.4 is 5.32 Å². The summed E-state index contributed by atoms with van der Waals surface area (Å²) < 4.78 is 2.26. The summed E-state index contributed by atoms with van der Waals surface area (Å²) in [4.78, 5) is 16.4. The van der Waals surface area contributed by atoms with Crippen molar-refractivity contribution in [2.45, 2.75) is 71.4 Å². The molecule has 1 unspecified atom stereocenters. The summed E-state index contributed by atoms with van der Waals surface area (Å²) in [5.41, 5.74) is 2.13. The highest BCUT2D eigenvalue weighted by atomic mass is 16.1. The summed E-state index contributed by atoms with van der Waals surface area (Å²) in [6.07, 6.45) is 10.3. The van der Waals surface area contributed by atoms with Crippen LogP contribution in [0, 0.1) is 0 Å². The summed E-state index contributed by atoms with van der Waals surface area (Å²) in [7, 11) is 0. The van der Waals surface area contributed by atoms with E-state index in [2.05, 4.69) is 29.5 Å². The van der Waals surface area contributed by atoms with Gasteiger partial charge in [-0.25, -0.2) is 4.98 Å². The van der Waals surface area contributed by atoms with Gasteiger partial charge >= 0.3 is 0 Å². The van der Waals surface area contributed by atoms with Crippen LogP contribution in [-0.4, -0.2) is 15.5 Å². The van der Waals surface area contributed by atoms with Gasteiger partial charge in [0.2, 0.25) is 5.91 Å². The number of benzene rings is 1. The Labute approximate surface area is 151 Å². The highest BCUT2D eigenvalue weighted by Gasteiger charge is 2.17. The topological polar surface area (TPSA) is 46.9 Å². The van der Waals surface area contributed by atoms with Crippen LogP contribution in [0.25, 0.3) is 11.0 Å². The fourth-order valence-electron chi connectivity index (χ4n) is 3.22. The van der Waals surface area contributed by atoms with Crippen molar-refractivity contribution in [3.63, 3.8) is 0 Å². The van der Waals surface area contributed by atoms with Crippen LogP contribution in [0.1, 0.15) is 70.7 Å². The molecule has 1 N–H and O–H groups in total. The van der Waals surface area contributed by atoms with E-state index in [1.807, 2.05) is 25.1 Å². The van der Waals surface area contributed by atoms with Crippen LogP contribution in [0.5, 0.6) is 0 Å². The number of carbonyl (C=O) groups is 1. The molecule has 0 bridgehead atoms. The minimum Gasteiger partial charge on any atom is -0.343 e. The van der Waals surface area contributed by atoms with E-state index in [0.717, 1.165) is 29.8 Å². The van der Waals surface area contributed by atoms with Crippen LogP contribution in [0.4, 0.5) is 0 Å². The Hall–Kier alpha value is -2.10. The molecule has 0 spiro atoms. The summed E-state index contributed by atoms with van der Waals surface area (Å²) in [6.45, 7) is 8.69. The molecule has 0 fully saturated rings. The van der Waals surface area contributed by atoms with Gasteiger partial charge in [0.25, 0.3) is 0 Å². The largest absolute Gasteiger partial charge is 0.343 e. The van der Waals surface area contributed by atoms with Gasteiger partial charge < -0.3 is 9.88 Å². The molecular weight excluding hydrogens is 310 g/mol. The SMILES string of the molecule is C=CC(=O)NC(C)c1nc2ccccc2n1CCCCCCCCC. The van der Waals surface area contributed by atoms with Gasteiger partial charge in [-0.1, -0.05) is 64.2 Å². The molecule has 0 aliphatic rings. The van der Waals surface area contributed by atoms with Gasteiger partial charge in [-0.05, 0) is 31.6 Å². The smallest absolute Gasteiger partial charge is 0.243 e. The molecule has 25 heavy (non-hydrogen) atoms. The second kappa shape index (κ2) is 10.0. The maximum atomic E-state index is 11.6. The summed E-state index contributed by atoms with van der Waals surface area (Å²) in [5.74, 6) is 0.754. The lowest BCUT2D eigenvalue weighted by molar-refractivity contribution is -0.117. The number of amides is 1. The zero-order valence-corrected chi connectivity index (χ0v) is 15.6. The monoisotopic (exact) mass is 341 g/mol. The predicted molar refractivity (Wildman–Crippen MR) is 104 cm³/mol. The highest BCUT2D eigenvalue weighted by molar-refractivity contribution is 5.87. The van der Waals surface area contributed by atoms with E-state index < -0.39 is 0 Å². The fourth-order valence-corrected chi connectivity index (χ4v) is 3.22. The predicted octanol–water partition coefficient (Wildman–Crippen LogP) is 5.15. The maximum absolute atomic E-state index is 11.6. The molecular formula is C21H31N3O. The number of aryl methyl sites for hydroxylation is 1. The van der Waals surface area contributed by atoms with Crippen LogP contribution in [0.15, 0.2) is 36.9 Å². The molecule has 1 atom stereocenters. The third kappa shape index (κ3) is 5.45. The number of imidazole rings is 1. The van der Waals surface area contributed by atoms with E-state index in [-0.39, 0.29) is 11.9 Å². The molecule has 1 aromatic carbocycles. The van der Waals surface area contributed by atoms with Crippen molar-refractivity contribution >= 4 is 16.9 Å². The number of fused-ring (bicyclic) bond motifs is 1. The molecule has 0 aliphatic carbocycles. The molecule has 2 rings (SSSR count). The molecule has 0 aliphatic heterocycles. The quantitative estimate of drug-likeness (QED) is 0.454. The van der Waals surface area contributed by atoms with Gasteiger partial charge in [0, 0.05) is 6.54 Å². The number of unbranched alkanes of at least 4 members (excludes halogenated alkanes) is 6. The van der Waals surface area contributed by atoms with Crippen molar-refractivity contribution in [2.75, 3.05) is 0 Å². The molecule has 1 aromatic heterocycles. The maximum Gasteiger partial charge on any atom is 0.243 e. The Balaban J connectivity index is 2.04. The van der Waals surface area contributed by atoms with Crippen LogP contribution in [0.2, 0.25) is 0 Å². The third-order valence-corrected chi connectivity index (χ3v) is 4.60. The first-order valence-corrected chi connectivity index (χ1v) is 9.55. The highest BCUT2D eigenvalue weighted by Crippen LogP contribution is 2.22. The first kappa shape index (κ1) is 19.2. The van der Waals surface area contributed by atoms with Gasteiger partial charge in [0.05, 0.1) is 17.1 Å². The van der Waals surface area contributed by atoms with Gasteiger partial charge in [0.1, 0.15) is 5.82 Å². The number of para-hydroxylation sites is 2. The Morgan fingerprint density at radius 2 is 1.88 bits per heavy atom. The van der Waals surface area contributed by atoms with Crippen molar-refractivity contribution < 1.29 is 4.79 Å². The number of nitrogens with zero attached hydrogens (tertiary/aromatic N) is 2. The Morgan fingerprint density at radius 1 is 1.20 bits per heavy atom. The lowest BCUT2D eigenvalue weighted by atomic mass is 10.1. The van der Waals surface area contributed by atoms with Crippen molar-refractivity contribution in [3.05, 3.63) is 42.7 Å². The summed E-state index contributed by atoms with van der Waals surface area (Å²) in [6, 6.07) is 8.05. The van der Waals surface area contributed by atoms with Crippen molar-refractivity contribution in [2.24, 2.45) is 0 Å². The average Bonchev–Trinajstić information content (AvgIpc) is 2.99. The Bertz CT molecular complexity index is 690. The molecule has 0 saturated carbocycles. The zero-order chi connectivity index (χ0) is 18.1. The number of carbonyl (C=O) groups excluding carboxylic acids is 1. The normalized spacial score (nSPS) is 12.2. The summed E-state index contributed by atoms with van der Waals surface area (Å²) in [5, 5.41) is 2.93. The Morgan fingerprint density at radius 3 is 2.60 bits per heavy atom. The second-order valence-corrected chi connectivity index (χ2v) is 6.67. The standard InChI is InChI=1S/C21H31N3O/c1-4-6-7-8-9-10-13-16-24-19-15-12-11-14-18(19)23-21(24)17(3)22-20(25)5-2/h5,11-12,14-15,17H,2,4,6-10,13,16H2,1,3H3,(H,22,25). The van der Waals surface area contributed by atoms with E-state index >= 15 is 0 Å². The van der Waals surface area contributed by atoms with Gasteiger partial charge in [0.15, 0.2) is 0 Å². The number of hydrogen-bond acceptors (Lipinski definition) is 2. The molecule has 4 nitrogen and oxygen atoms in total. The van der Waals surface area contributed by atoms with Crippen LogP contribution in [0.3, 0.4) is 0 Å². The van der Waals surface area contributed by atoms with E-state index in [4.69, 9.17) is 4.98 Å². The second-order valence-electron chi connectivity index (χ2n) is 6.67. The molecule has 4 heteroatoms. The molecule has 1 heterocycles. The number of hydrogen-bond donors (Lipinski definition) is 1. The minimum atomic E-state index is -0.165. The minimum absolute atomic E-state index is 0.137. The van der Waals surface area contributed by atoms with Crippen molar-refractivity contribution in [1.29, 1.82) is 0 Å². The zero-order valence-electron chi connectivity index (χ0n) is 15.6. The van der Waals surface area contributed by atoms with E-state index in [9.17, 15) is 4.79 Å². The van der Waals surface area contributed by atoms with Gasteiger partial charge in [-0.15, -0.1) is 0 Å². The Kier molecular flexibility index (Phi) is 7.71. The third-order valence-electron chi connectivity index (χ3n) is 4.60. The average molecular weight is 341 g/mol. The first-order chi connectivity index (χ1) is 12.2. The number of rotatable bonds is 11. The van der Waals surface area contributed by atoms with E-state index in [0.29, 0.717) is 0 Å². The number of aromatic nitrogens is 2. The molecule has 0 radical (unpaired) electrons. The molecule has 2 aromatic rings. The van der Waals surface area contributed by atoms with Gasteiger partial charge in [-0.2, -0.15) is 0 Å². The van der Waals surface area contributed by atoms with Crippen LogP contribution >= 0.6 is 0 Å². The van der Waals surface area contributed by atoms with E-state index in [1.165, 1.54) is 44.6 Å². The van der Waals surface area contributed by atoms with Crippen molar-refractivity contribution in [3.8, 4) is 0 Å². The fraction of sp³-hybridized carbons (Fsp3) is 0.524. The lowest BCUT2D eigenvalue weighted by Gasteiger charge is -2.15. The van der Waals surface area contributed by atoms with Gasteiger partial charge in [-0.3, -0.25) is 4.79 Å². The van der Waals surface area contributed by atoms with Crippen LogP contribution in [-0.2, 0) is 11.3 Å². The van der Waals surface area contributed by atoms with Crippen molar-refractivity contribution in [1.82, 2.24) is 14.9 Å². The lowest BCUT2D eigenvalue weighted by Crippen LogP contribution is -2.27. The number of nitrogens with one attached hydrogen (secondary N) is 1. The molecule has 1 amide bonds. The molecule has 136 valence electrons. The first-order valence-electron chi connectivity index (χ1n) is 9.55. The summed E-state index contributed by atoms with van der Waals surface area (Å²) >= 11 is 0.